The van der Waals surface area contributed by atoms with Gasteiger partial charge in [-0.15, -0.1) is 0 Å². The SMILES string of the molecule is COc1cccc(OCCNC(=O)c2ccc(CN(c3ccc(Cl)c(Cl)c3)S(C)(=O)=O)cc2)c1. The number of sulfonamides is 1. The number of amides is 1. The first-order chi connectivity index (χ1) is 16.2. The van der Waals surface area contributed by atoms with Crippen molar-refractivity contribution in [3.8, 4) is 11.5 Å². The average Bonchev–Trinajstić information content (AvgIpc) is 2.82. The minimum absolute atomic E-state index is 0.0765. The topological polar surface area (TPSA) is 84.9 Å². The molecule has 0 radical (unpaired) electrons. The Kier molecular flexibility index (Phi) is 8.66. The molecule has 3 rings (SSSR count). The molecule has 0 aromatic heterocycles. The molecule has 1 amide bonds. The molecule has 3 aromatic carbocycles. The van der Waals surface area contributed by atoms with Gasteiger partial charge >= 0.3 is 0 Å². The maximum absolute atomic E-state index is 12.4. The summed E-state index contributed by atoms with van der Waals surface area (Å²) in [5, 5.41) is 3.39. The Morgan fingerprint density at radius 3 is 2.32 bits per heavy atom. The van der Waals surface area contributed by atoms with Gasteiger partial charge in [-0.1, -0.05) is 41.4 Å². The molecule has 0 aliphatic heterocycles. The minimum Gasteiger partial charge on any atom is -0.497 e. The van der Waals surface area contributed by atoms with Crippen LogP contribution in [0.25, 0.3) is 0 Å². The molecule has 34 heavy (non-hydrogen) atoms. The maximum atomic E-state index is 12.4. The lowest BCUT2D eigenvalue weighted by Gasteiger charge is -2.23. The van der Waals surface area contributed by atoms with Crippen molar-refractivity contribution >= 4 is 44.8 Å². The first kappa shape index (κ1) is 25.7. The van der Waals surface area contributed by atoms with Crippen molar-refractivity contribution in [1.29, 1.82) is 0 Å². The molecule has 0 aliphatic carbocycles. The van der Waals surface area contributed by atoms with Crippen LogP contribution in [0.1, 0.15) is 15.9 Å². The lowest BCUT2D eigenvalue weighted by Crippen LogP contribution is -2.29. The third-order valence-corrected chi connectivity index (χ3v) is 6.71. The number of carbonyl (C=O) groups is 1. The van der Waals surface area contributed by atoms with E-state index < -0.39 is 10.0 Å². The lowest BCUT2D eigenvalue weighted by molar-refractivity contribution is 0.0947. The molecule has 3 aromatic rings. The van der Waals surface area contributed by atoms with Crippen molar-refractivity contribution in [2.75, 3.05) is 30.8 Å². The molecule has 0 bridgehead atoms. The number of hydrogen-bond donors (Lipinski definition) is 1. The van der Waals surface area contributed by atoms with Gasteiger partial charge in [0.15, 0.2) is 0 Å². The highest BCUT2D eigenvalue weighted by Gasteiger charge is 2.19. The number of hydrogen-bond acceptors (Lipinski definition) is 5. The van der Waals surface area contributed by atoms with E-state index >= 15 is 0 Å². The van der Waals surface area contributed by atoms with Crippen LogP contribution in [0, 0.1) is 0 Å². The normalized spacial score (nSPS) is 11.1. The Balaban J connectivity index is 1.58. The summed E-state index contributed by atoms with van der Waals surface area (Å²) in [5.41, 5.74) is 1.55. The second kappa shape index (κ2) is 11.5. The van der Waals surface area contributed by atoms with Crippen LogP contribution in [-0.2, 0) is 16.6 Å². The molecule has 7 nitrogen and oxygen atoms in total. The maximum Gasteiger partial charge on any atom is 0.251 e. The van der Waals surface area contributed by atoms with Crippen LogP contribution < -0.4 is 19.1 Å². The molecule has 0 atom stereocenters. The number of halogens is 2. The zero-order valence-electron chi connectivity index (χ0n) is 18.6. The van der Waals surface area contributed by atoms with Crippen LogP contribution in [0.2, 0.25) is 10.0 Å². The highest BCUT2D eigenvalue weighted by atomic mass is 35.5. The quantitative estimate of drug-likeness (QED) is 0.387. The summed E-state index contributed by atoms with van der Waals surface area (Å²) in [6.45, 7) is 0.689. The molecular formula is C24H24Cl2N2O5S. The Bertz CT molecular complexity index is 1250. The summed E-state index contributed by atoms with van der Waals surface area (Å²) >= 11 is 12.0. The Morgan fingerprint density at radius 1 is 0.971 bits per heavy atom. The number of benzene rings is 3. The van der Waals surface area contributed by atoms with Crippen molar-refractivity contribution in [3.05, 3.63) is 87.9 Å². The summed E-state index contributed by atoms with van der Waals surface area (Å²) in [4.78, 5) is 12.4. The Hall–Kier alpha value is -2.94. The van der Waals surface area contributed by atoms with E-state index in [2.05, 4.69) is 5.32 Å². The van der Waals surface area contributed by atoms with Crippen LogP contribution in [0.15, 0.2) is 66.7 Å². The second-order valence-electron chi connectivity index (χ2n) is 7.35. The van der Waals surface area contributed by atoms with Gasteiger partial charge in [-0.25, -0.2) is 8.42 Å². The molecule has 0 saturated heterocycles. The number of nitrogens with zero attached hydrogens (tertiary/aromatic N) is 1. The van der Waals surface area contributed by atoms with Gasteiger partial charge in [0.05, 0.1) is 42.2 Å². The van der Waals surface area contributed by atoms with Crippen LogP contribution >= 0.6 is 23.2 Å². The molecule has 0 spiro atoms. The van der Waals surface area contributed by atoms with Crippen LogP contribution in [0.3, 0.4) is 0 Å². The number of methoxy groups -OCH3 is 1. The van der Waals surface area contributed by atoms with Gasteiger partial charge in [0, 0.05) is 11.6 Å². The minimum atomic E-state index is -3.58. The first-order valence-corrected chi connectivity index (χ1v) is 12.8. The third-order valence-electron chi connectivity index (χ3n) is 4.83. The van der Waals surface area contributed by atoms with Crippen LogP contribution in [-0.4, -0.2) is 40.8 Å². The number of rotatable bonds is 10. The van der Waals surface area contributed by atoms with E-state index in [4.69, 9.17) is 32.7 Å². The van der Waals surface area contributed by atoms with E-state index in [-0.39, 0.29) is 17.5 Å². The summed E-state index contributed by atoms with van der Waals surface area (Å²) in [5.74, 6) is 1.08. The molecule has 10 heteroatoms. The fraction of sp³-hybridized carbons (Fsp3) is 0.208. The van der Waals surface area contributed by atoms with Crippen molar-refractivity contribution in [2.45, 2.75) is 6.54 Å². The predicted octanol–water partition coefficient (Wildman–Crippen LogP) is 4.78. The largest absolute Gasteiger partial charge is 0.497 e. The number of ether oxygens (including phenoxy) is 2. The fourth-order valence-electron chi connectivity index (χ4n) is 3.09. The van der Waals surface area contributed by atoms with Crippen LogP contribution in [0.5, 0.6) is 11.5 Å². The summed E-state index contributed by atoms with van der Waals surface area (Å²) < 4.78 is 36.7. The Labute approximate surface area is 209 Å². The fourth-order valence-corrected chi connectivity index (χ4v) is 4.27. The average molecular weight is 523 g/mol. The van der Waals surface area contributed by atoms with Crippen molar-refractivity contribution in [2.24, 2.45) is 0 Å². The monoisotopic (exact) mass is 522 g/mol. The van der Waals surface area contributed by atoms with E-state index in [1.54, 1.807) is 55.6 Å². The summed E-state index contributed by atoms with van der Waals surface area (Å²) in [7, 11) is -2.00. The zero-order chi connectivity index (χ0) is 24.7. The number of anilines is 1. The molecule has 1 N–H and O–H groups in total. The highest BCUT2D eigenvalue weighted by Crippen LogP contribution is 2.29. The van der Waals surface area contributed by atoms with E-state index in [0.717, 1.165) is 6.26 Å². The summed E-state index contributed by atoms with van der Waals surface area (Å²) in [6, 6.07) is 18.5. The van der Waals surface area contributed by atoms with E-state index in [9.17, 15) is 13.2 Å². The van der Waals surface area contributed by atoms with Crippen molar-refractivity contribution in [3.63, 3.8) is 0 Å². The first-order valence-electron chi connectivity index (χ1n) is 10.2. The van der Waals surface area contributed by atoms with Crippen molar-refractivity contribution < 1.29 is 22.7 Å². The van der Waals surface area contributed by atoms with Gasteiger partial charge in [0.1, 0.15) is 18.1 Å². The van der Waals surface area contributed by atoms with E-state index in [0.29, 0.717) is 46.5 Å². The molecule has 0 unspecified atom stereocenters. The number of carbonyl (C=O) groups excluding carboxylic acids is 1. The molecule has 0 fully saturated rings. The smallest absolute Gasteiger partial charge is 0.251 e. The van der Waals surface area contributed by atoms with Gasteiger partial charge in [0.2, 0.25) is 10.0 Å². The molecular weight excluding hydrogens is 499 g/mol. The molecule has 180 valence electrons. The molecule has 0 aliphatic rings. The van der Waals surface area contributed by atoms with Crippen molar-refractivity contribution in [1.82, 2.24) is 5.32 Å². The highest BCUT2D eigenvalue weighted by molar-refractivity contribution is 7.92. The van der Waals surface area contributed by atoms with Gasteiger partial charge in [-0.05, 0) is 48.0 Å². The van der Waals surface area contributed by atoms with E-state index in [1.807, 2.05) is 12.1 Å². The molecule has 0 heterocycles. The standard InChI is InChI=1S/C24H24Cl2N2O5S/c1-32-20-4-3-5-21(15-20)33-13-12-27-24(29)18-8-6-17(7-9-18)16-28(34(2,30)31)19-10-11-22(25)23(26)14-19/h3-11,14-15H,12-13,16H2,1-2H3,(H,27,29). The zero-order valence-corrected chi connectivity index (χ0v) is 21.0. The summed E-state index contributed by atoms with van der Waals surface area (Å²) in [6.07, 6.45) is 1.12. The second-order valence-corrected chi connectivity index (χ2v) is 10.1. The number of nitrogens with one attached hydrogen (secondary N) is 1. The van der Waals surface area contributed by atoms with Gasteiger partial charge < -0.3 is 14.8 Å². The molecule has 0 saturated carbocycles. The van der Waals surface area contributed by atoms with Gasteiger partial charge in [-0.3, -0.25) is 9.10 Å². The van der Waals surface area contributed by atoms with Crippen LogP contribution in [0.4, 0.5) is 5.69 Å². The van der Waals surface area contributed by atoms with Gasteiger partial charge in [0.25, 0.3) is 5.91 Å². The third kappa shape index (κ3) is 7.03. The lowest BCUT2D eigenvalue weighted by atomic mass is 10.1. The predicted molar refractivity (Wildman–Crippen MR) is 135 cm³/mol. The Morgan fingerprint density at radius 2 is 1.68 bits per heavy atom. The van der Waals surface area contributed by atoms with Gasteiger partial charge in [-0.2, -0.15) is 0 Å². The van der Waals surface area contributed by atoms with E-state index in [1.165, 1.54) is 10.4 Å².